The molecule has 1 aromatic carbocycles. The molecule has 0 heterocycles. The quantitative estimate of drug-likeness (QED) is 0.488. The Morgan fingerprint density at radius 3 is 2.10 bits per heavy atom. The summed E-state index contributed by atoms with van der Waals surface area (Å²) in [5.74, 6) is 0.553. The van der Waals surface area contributed by atoms with E-state index in [0.29, 0.717) is 32.5 Å². The van der Waals surface area contributed by atoms with Crippen molar-refractivity contribution in [2.75, 3.05) is 26.2 Å². The predicted molar refractivity (Wildman–Crippen MR) is 111 cm³/mol. The molecule has 0 saturated heterocycles. The van der Waals surface area contributed by atoms with E-state index >= 15 is 0 Å². The molecule has 0 saturated carbocycles. The van der Waals surface area contributed by atoms with Gasteiger partial charge in [-0.3, -0.25) is 9.59 Å². The fourth-order valence-electron chi connectivity index (χ4n) is 2.34. The van der Waals surface area contributed by atoms with Gasteiger partial charge in [0.15, 0.2) is 0 Å². The molecule has 0 aliphatic carbocycles. The molecular formula is C21H33N3O5. The molecular weight excluding hydrogens is 374 g/mol. The molecule has 29 heavy (non-hydrogen) atoms. The number of carbonyl (C=O) groups is 3. The van der Waals surface area contributed by atoms with Crippen LogP contribution in [0.5, 0.6) is 5.75 Å². The van der Waals surface area contributed by atoms with E-state index in [1.807, 2.05) is 31.2 Å². The lowest BCUT2D eigenvalue weighted by Crippen LogP contribution is -2.35. The summed E-state index contributed by atoms with van der Waals surface area (Å²) in [6.07, 6.45) is 0.555. The Balaban J connectivity index is 2.08. The third kappa shape index (κ3) is 12.3. The molecule has 162 valence electrons. The number of hydrogen-bond donors (Lipinski definition) is 3. The lowest BCUT2D eigenvalue weighted by molar-refractivity contribution is -0.121. The summed E-state index contributed by atoms with van der Waals surface area (Å²) in [7, 11) is 0. The van der Waals surface area contributed by atoms with Crippen molar-refractivity contribution in [3.63, 3.8) is 0 Å². The van der Waals surface area contributed by atoms with Gasteiger partial charge in [-0.25, -0.2) is 4.79 Å². The molecule has 0 aliphatic heterocycles. The van der Waals surface area contributed by atoms with Crippen LogP contribution in [0.25, 0.3) is 0 Å². The van der Waals surface area contributed by atoms with Gasteiger partial charge in [-0.15, -0.1) is 0 Å². The number of carbonyl (C=O) groups excluding carboxylic acids is 3. The molecule has 1 aromatic rings. The molecule has 0 fully saturated rings. The topological polar surface area (TPSA) is 106 Å². The van der Waals surface area contributed by atoms with Gasteiger partial charge >= 0.3 is 6.09 Å². The minimum Gasteiger partial charge on any atom is -0.494 e. The second-order valence-corrected chi connectivity index (χ2v) is 7.49. The summed E-state index contributed by atoms with van der Waals surface area (Å²) in [6.45, 7) is 8.99. The van der Waals surface area contributed by atoms with Crippen LogP contribution in [-0.4, -0.2) is 49.7 Å². The molecule has 0 atom stereocenters. The Bertz CT molecular complexity index is 653. The fourth-order valence-corrected chi connectivity index (χ4v) is 2.34. The SMILES string of the molecule is CCOc1ccc(CC(=O)NCCCNC(=O)CCNC(=O)OC(C)(C)C)cc1. The maximum absolute atomic E-state index is 11.9. The second-order valence-electron chi connectivity index (χ2n) is 7.49. The fraction of sp³-hybridized carbons (Fsp3) is 0.571. The van der Waals surface area contributed by atoms with Crippen LogP contribution in [0.1, 0.15) is 46.1 Å². The molecule has 0 unspecified atom stereocenters. The molecule has 0 spiro atoms. The summed E-state index contributed by atoms with van der Waals surface area (Å²) < 4.78 is 10.5. The van der Waals surface area contributed by atoms with Crippen LogP contribution >= 0.6 is 0 Å². The Labute approximate surface area is 172 Å². The highest BCUT2D eigenvalue weighted by atomic mass is 16.6. The van der Waals surface area contributed by atoms with Gasteiger partial charge in [-0.05, 0) is 51.8 Å². The standard InChI is InChI=1S/C21H33N3O5/c1-5-28-17-9-7-16(8-10-17)15-19(26)23-13-6-12-22-18(25)11-14-24-20(27)29-21(2,3)4/h7-10H,5-6,11-15H2,1-4H3,(H,22,25)(H,23,26)(H,24,27). The van der Waals surface area contributed by atoms with Gasteiger partial charge < -0.3 is 25.4 Å². The molecule has 0 aromatic heterocycles. The molecule has 0 aliphatic rings. The maximum atomic E-state index is 11.9. The van der Waals surface area contributed by atoms with Crippen LogP contribution < -0.4 is 20.7 Å². The van der Waals surface area contributed by atoms with Crippen molar-refractivity contribution in [1.82, 2.24) is 16.0 Å². The predicted octanol–water partition coefficient (Wildman–Crippen LogP) is 2.17. The third-order valence-corrected chi connectivity index (χ3v) is 3.62. The highest BCUT2D eigenvalue weighted by molar-refractivity contribution is 5.78. The van der Waals surface area contributed by atoms with E-state index in [4.69, 9.17) is 9.47 Å². The van der Waals surface area contributed by atoms with Crippen molar-refractivity contribution in [3.05, 3.63) is 29.8 Å². The number of hydrogen-bond acceptors (Lipinski definition) is 5. The van der Waals surface area contributed by atoms with Crippen LogP contribution in [0.2, 0.25) is 0 Å². The van der Waals surface area contributed by atoms with E-state index in [1.165, 1.54) is 0 Å². The zero-order valence-electron chi connectivity index (χ0n) is 17.8. The number of nitrogens with one attached hydrogen (secondary N) is 3. The molecule has 0 radical (unpaired) electrons. The minimum atomic E-state index is -0.566. The van der Waals surface area contributed by atoms with E-state index in [1.54, 1.807) is 20.8 Å². The number of benzene rings is 1. The Kier molecular flexibility index (Phi) is 10.6. The molecule has 3 N–H and O–H groups in total. The monoisotopic (exact) mass is 407 g/mol. The average molecular weight is 408 g/mol. The number of alkyl carbamates (subject to hydrolysis) is 1. The molecule has 3 amide bonds. The van der Waals surface area contributed by atoms with Gasteiger partial charge in [-0.1, -0.05) is 12.1 Å². The second kappa shape index (κ2) is 12.6. The first kappa shape index (κ1) is 24.3. The molecule has 0 bridgehead atoms. The summed E-state index contributed by atoms with van der Waals surface area (Å²) in [5, 5.41) is 8.11. The van der Waals surface area contributed by atoms with E-state index in [0.717, 1.165) is 11.3 Å². The molecule has 8 heteroatoms. The summed E-state index contributed by atoms with van der Waals surface area (Å²) in [6, 6.07) is 7.44. The van der Waals surface area contributed by atoms with Gasteiger partial charge in [0.25, 0.3) is 0 Å². The van der Waals surface area contributed by atoms with Crippen LogP contribution in [0.4, 0.5) is 4.79 Å². The summed E-state index contributed by atoms with van der Waals surface area (Å²) >= 11 is 0. The van der Waals surface area contributed by atoms with Gasteiger partial charge in [0.2, 0.25) is 11.8 Å². The first-order valence-electron chi connectivity index (χ1n) is 9.91. The minimum absolute atomic E-state index is 0.0675. The maximum Gasteiger partial charge on any atom is 0.407 e. The van der Waals surface area contributed by atoms with E-state index in [2.05, 4.69) is 16.0 Å². The molecule has 8 nitrogen and oxygen atoms in total. The highest BCUT2D eigenvalue weighted by Crippen LogP contribution is 2.12. The van der Waals surface area contributed by atoms with E-state index < -0.39 is 11.7 Å². The largest absolute Gasteiger partial charge is 0.494 e. The molecule has 1 rings (SSSR count). The number of ether oxygens (including phenoxy) is 2. The summed E-state index contributed by atoms with van der Waals surface area (Å²) in [5.41, 5.74) is 0.348. The van der Waals surface area contributed by atoms with Gasteiger partial charge in [0.05, 0.1) is 13.0 Å². The lowest BCUT2D eigenvalue weighted by atomic mass is 10.1. The van der Waals surface area contributed by atoms with Crippen LogP contribution in [0.3, 0.4) is 0 Å². The number of amides is 3. The van der Waals surface area contributed by atoms with Crippen molar-refractivity contribution in [3.8, 4) is 5.75 Å². The van der Waals surface area contributed by atoms with Crippen molar-refractivity contribution in [2.45, 2.75) is 52.6 Å². The smallest absolute Gasteiger partial charge is 0.407 e. The zero-order valence-corrected chi connectivity index (χ0v) is 17.8. The van der Waals surface area contributed by atoms with E-state index in [9.17, 15) is 14.4 Å². The highest BCUT2D eigenvalue weighted by Gasteiger charge is 2.15. The van der Waals surface area contributed by atoms with Gasteiger partial charge in [-0.2, -0.15) is 0 Å². The Hall–Kier alpha value is -2.77. The van der Waals surface area contributed by atoms with Crippen molar-refractivity contribution >= 4 is 17.9 Å². The average Bonchev–Trinajstić information content (AvgIpc) is 2.62. The van der Waals surface area contributed by atoms with Gasteiger partial charge in [0.1, 0.15) is 11.4 Å². The third-order valence-electron chi connectivity index (χ3n) is 3.62. The number of rotatable bonds is 11. The zero-order chi connectivity index (χ0) is 21.7. The Morgan fingerprint density at radius 2 is 1.52 bits per heavy atom. The van der Waals surface area contributed by atoms with Crippen LogP contribution in [0, 0.1) is 0 Å². The van der Waals surface area contributed by atoms with Gasteiger partial charge in [0, 0.05) is 26.1 Å². The van der Waals surface area contributed by atoms with Crippen molar-refractivity contribution < 1.29 is 23.9 Å². The van der Waals surface area contributed by atoms with E-state index in [-0.39, 0.29) is 24.8 Å². The first-order valence-corrected chi connectivity index (χ1v) is 9.91. The van der Waals surface area contributed by atoms with Crippen LogP contribution in [0.15, 0.2) is 24.3 Å². The summed E-state index contributed by atoms with van der Waals surface area (Å²) in [4.78, 5) is 35.1. The normalized spacial score (nSPS) is 10.8. The van der Waals surface area contributed by atoms with Crippen molar-refractivity contribution in [1.29, 1.82) is 0 Å². The first-order chi connectivity index (χ1) is 13.7. The lowest BCUT2D eigenvalue weighted by Gasteiger charge is -2.19. The van der Waals surface area contributed by atoms with Crippen LogP contribution in [-0.2, 0) is 20.7 Å². The Morgan fingerprint density at radius 1 is 0.897 bits per heavy atom. The van der Waals surface area contributed by atoms with Crippen molar-refractivity contribution in [2.24, 2.45) is 0 Å².